The fourth-order valence-electron chi connectivity index (χ4n) is 19.4. The fourth-order valence-corrected chi connectivity index (χ4v) is 23.7. The zero-order valence-corrected chi connectivity index (χ0v) is 84.2. The van der Waals surface area contributed by atoms with Crippen molar-refractivity contribution in [2.24, 2.45) is 84.3 Å². The van der Waals surface area contributed by atoms with Crippen LogP contribution in [0.25, 0.3) is 33.3 Å². The summed E-state index contributed by atoms with van der Waals surface area (Å²) >= 11 is 22.6. The van der Waals surface area contributed by atoms with E-state index in [1.54, 1.807) is 69.0 Å². The lowest BCUT2D eigenvalue weighted by atomic mass is 9.78. The van der Waals surface area contributed by atoms with Gasteiger partial charge in [-0.3, -0.25) is 67.8 Å². The first-order valence-corrected chi connectivity index (χ1v) is 50.6. The molecule has 0 spiro atoms. The van der Waals surface area contributed by atoms with Gasteiger partial charge in [0.15, 0.2) is 46.4 Å². The van der Waals surface area contributed by atoms with Crippen LogP contribution in [0.4, 0.5) is 0 Å². The number of aryl methyl sites for hydroxylation is 1. The van der Waals surface area contributed by atoms with Gasteiger partial charge in [0.25, 0.3) is 23.6 Å². The van der Waals surface area contributed by atoms with Gasteiger partial charge in [-0.2, -0.15) is 14.5 Å². The minimum Gasteiger partial charge on any atom is -0.472 e. The number of nitrogens with two attached hydrogens (primary N) is 5. The molecule has 2 saturated heterocycles. The van der Waals surface area contributed by atoms with E-state index in [-0.39, 0.29) is 112 Å². The van der Waals surface area contributed by atoms with Crippen LogP contribution in [-0.4, -0.2) is 193 Å². The second-order valence-corrected chi connectivity index (χ2v) is 42.9. The number of aromatic nitrogens is 4. The van der Waals surface area contributed by atoms with Gasteiger partial charge in [-0.05, 0) is 182 Å². The molecule has 11 heterocycles. The summed E-state index contributed by atoms with van der Waals surface area (Å²) in [5.41, 5.74) is 36.7. The molecule has 20 rings (SSSR count). The molecule has 4 fully saturated rings. The van der Waals surface area contributed by atoms with Crippen molar-refractivity contribution < 1.29 is 46.4 Å². The molecule has 32 nitrogen and oxygen atoms in total. The molecule has 0 radical (unpaired) electrons. The lowest BCUT2D eigenvalue weighted by molar-refractivity contribution is -0.135. The summed E-state index contributed by atoms with van der Waals surface area (Å²) < 4.78 is 35.7. The van der Waals surface area contributed by atoms with Crippen LogP contribution < -0.4 is 34.0 Å². The smallest absolute Gasteiger partial charge is 0.266 e. The average molecular weight is 2060 g/mol. The van der Waals surface area contributed by atoms with Gasteiger partial charge in [0, 0.05) is 111 Å². The number of carbonyl (C=O) groups is 7. The summed E-state index contributed by atoms with van der Waals surface area (Å²) in [6.07, 6.45) is 18.2. The Labute approximate surface area is 839 Å². The standard InChI is InChI=1S/C28H33ClN4O2.C28H24N4O3.C17H19N7O.C15H20Cl2N4O3S2.C14H16BrN3O/c1-28(23-11-5-9-21(15-23)22-10-6-12-24(29)16-22)26(35)33(27(30)31-28)18-19-13-14-32(17-19)25(34)20-7-3-2-4-8-20;29-27-31-28(23-10-3-1-4-11-23,24-12-5-2-6-13-24)26(34)32(27)18-20-8-7-9-22(16-20)25(33)30-17-21-14-15-35-19-21;1-17(7-14(25)23(2)16(18)21-17)11-4-5-12-13(6-11)24(3)22-15(12)10-8-19-20-9-10;1-15(7-12(22)20(2)14(18)19-15)9-4-3-5-21(8-9)26(23,24)10-6-11(16)25-13(10)17;1-18-12(19)14(17-13(18)16,8-9-5-6-9)10-3-2-4-11(15)7-10/h5-6,9-12,15-16,19-20H,2-4,7-8,13-14,17-18H2,1H3,(H2,30,31);1-16,19H,17-18H2,(H2,29,31)(H,30,33);4-6,8-9H,7H2,1-3H3,(H2,18,21)(H,19,20);6,9H,3-5,7-8H2,1-2H3,(H2,18,19);2-4,7,9H,5-6,8H2,1H3,(H2,16,17)/t19-,28?;;17-;9?,15-;/m0.00./s1. The molecule has 38 heteroatoms. The second-order valence-electron chi connectivity index (χ2n) is 37.4. The Bertz CT molecular complexity index is 6770. The van der Waals surface area contributed by atoms with Crippen LogP contribution in [0.3, 0.4) is 0 Å². The molecule has 140 heavy (non-hydrogen) atoms. The Morgan fingerprint density at radius 1 is 0.579 bits per heavy atom. The quantitative estimate of drug-likeness (QED) is 0.0373. The van der Waals surface area contributed by atoms with Crippen LogP contribution >= 0.6 is 62.1 Å². The lowest BCUT2D eigenvalue weighted by Crippen LogP contribution is -2.54. The van der Waals surface area contributed by atoms with Crippen molar-refractivity contribution in [2.75, 3.05) is 53.9 Å². The Morgan fingerprint density at radius 2 is 1.24 bits per heavy atom. The van der Waals surface area contributed by atoms with Gasteiger partial charge in [-0.15, -0.1) is 11.3 Å². The van der Waals surface area contributed by atoms with Gasteiger partial charge in [-0.1, -0.05) is 210 Å². The van der Waals surface area contributed by atoms with E-state index in [1.165, 1.54) is 49.2 Å². The van der Waals surface area contributed by atoms with E-state index in [9.17, 15) is 42.0 Å². The maximum absolute atomic E-state index is 13.9. The molecule has 11 aromatic rings. The number of nitrogens with one attached hydrogen (secondary N) is 2. The number of hydrogen-bond acceptors (Lipinski definition) is 23. The van der Waals surface area contributed by atoms with Crippen LogP contribution in [0.1, 0.15) is 154 Å². The zero-order valence-electron chi connectivity index (χ0n) is 78.7. The normalized spacial score (nSPS) is 22.6. The number of piperidine rings is 1. The van der Waals surface area contributed by atoms with Crippen molar-refractivity contribution in [2.45, 2.75) is 150 Å². The van der Waals surface area contributed by atoms with Crippen molar-refractivity contribution in [3.63, 3.8) is 0 Å². The van der Waals surface area contributed by atoms with E-state index in [0.29, 0.717) is 65.3 Å². The number of rotatable bonds is 20. The van der Waals surface area contributed by atoms with Gasteiger partial charge in [-0.25, -0.2) is 33.4 Å². The molecule has 730 valence electrons. The molecule has 7 aliphatic heterocycles. The number of benzene rings is 7. The van der Waals surface area contributed by atoms with Crippen molar-refractivity contribution in [1.29, 1.82) is 0 Å². The number of halogens is 4. The summed E-state index contributed by atoms with van der Waals surface area (Å²) in [5.74, 6) is 1.51. The van der Waals surface area contributed by atoms with Crippen LogP contribution in [0.2, 0.25) is 13.7 Å². The number of likely N-dealkylation sites (N-methyl/N-ethyl adjacent to an activating group) is 1. The first kappa shape index (κ1) is 100. The first-order valence-electron chi connectivity index (χ1n) is 46.4. The van der Waals surface area contributed by atoms with Crippen LogP contribution in [-0.2, 0) is 81.1 Å². The van der Waals surface area contributed by atoms with Gasteiger partial charge in [0.2, 0.25) is 27.7 Å². The molecule has 2 aliphatic carbocycles. The number of H-pyrrole nitrogens is 1. The van der Waals surface area contributed by atoms with Gasteiger partial charge < -0.3 is 43.3 Å². The molecule has 9 aliphatic rings. The van der Waals surface area contributed by atoms with E-state index in [2.05, 4.69) is 56.5 Å². The lowest BCUT2D eigenvalue weighted by Gasteiger charge is -2.43. The number of aromatic amines is 1. The number of carbonyl (C=O) groups excluding carboxylic acids is 7. The minimum atomic E-state index is -3.76. The summed E-state index contributed by atoms with van der Waals surface area (Å²) in [6.45, 7) is 8.77. The van der Waals surface area contributed by atoms with Crippen LogP contribution in [0, 0.1) is 23.7 Å². The van der Waals surface area contributed by atoms with E-state index < -0.39 is 37.7 Å². The molecular weight excluding hydrogens is 1940 g/mol. The highest BCUT2D eigenvalue weighted by Crippen LogP contribution is 2.48. The van der Waals surface area contributed by atoms with E-state index in [4.69, 9.17) is 72.9 Å². The molecule has 3 unspecified atom stereocenters. The highest BCUT2D eigenvalue weighted by molar-refractivity contribution is 9.10. The maximum atomic E-state index is 13.9. The second kappa shape index (κ2) is 41.5. The monoisotopic (exact) mass is 2050 g/mol. The topological polar surface area (TPSA) is 440 Å². The van der Waals surface area contributed by atoms with Gasteiger partial charge >= 0.3 is 0 Å². The van der Waals surface area contributed by atoms with Gasteiger partial charge in [0.05, 0.1) is 59.0 Å². The highest BCUT2D eigenvalue weighted by atomic mass is 79.9. The number of guanidine groups is 5. The molecule has 4 aromatic heterocycles. The van der Waals surface area contributed by atoms with E-state index >= 15 is 0 Å². The number of amides is 7. The third kappa shape index (κ3) is 21.0. The Hall–Kier alpha value is -12.9. The van der Waals surface area contributed by atoms with Crippen molar-refractivity contribution >= 4 is 154 Å². The molecular formula is C102H112BrCl3N22O10S2. The predicted molar refractivity (Wildman–Crippen MR) is 546 cm³/mol. The average Bonchev–Trinajstić information content (AvgIpc) is 1.58. The molecule has 7 aromatic carbocycles. The Kier molecular flexibility index (Phi) is 29.7. The van der Waals surface area contributed by atoms with Crippen LogP contribution in [0.15, 0.2) is 252 Å². The van der Waals surface area contributed by atoms with Crippen molar-refractivity contribution in [3.05, 3.63) is 276 Å². The molecule has 0 bridgehead atoms. The number of likely N-dealkylation sites (tertiary alicyclic amines) is 1. The fraction of sp³-hybridized carbons (Fsp3) is 0.353. The number of furan rings is 1. The number of nitrogens with zero attached hydrogens (tertiary/aromatic N) is 15. The number of sulfonamides is 1. The number of thiophene rings is 1. The van der Waals surface area contributed by atoms with E-state index in [1.807, 2.05) is 201 Å². The maximum Gasteiger partial charge on any atom is 0.266 e. The van der Waals surface area contributed by atoms with Crippen molar-refractivity contribution in [3.8, 4) is 22.4 Å². The summed E-state index contributed by atoms with van der Waals surface area (Å²) in [5, 5.41) is 16.0. The number of hydrogen-bond donors (Lipinski definition) is 7. The summed E-state index contributed by atoms with van der Waals surface area (Å²) in [7, 11) is 3.06. The summed E-state index contributed by atoms with van der Waals surface area (Å²) in [6, 6.07) is 58.5. The van der Waals surface area contributed by atoms with Gasteiger partial charge in [0.1, 0.15) is 14.9 Å². The molecule has 7 amide bonds. The molecule has 2 saturated carbocycles. The van der Waals surface area contributed by atoms with Crippen molar-refractivity contribution in [1.82, 2.24) is 59.0 Å². The van der Waals surface area contributed by atoms with Crippen LogP contribution in [0.5, 0.6) is 0 Å². The molecule has 6 atom stereocenters. The Morgan fingerprint density at radius 3 is 1.87 bits per heavy atom. The largest absolute Gasteiger partial charge is 0.472 e. The van der Waals surface area contributed by atoms with E-state index in [0.717, 1.165) is 140 Å². The summed E-state index contributed by atoms with van der Waals surface area (Å²) in [4.78, 5) is 122. The zero-order chi connectivity index (χ0) is 99.5. The predicted octanol–water partition coefficient (Wildman–Crippen LogP) is 14.6. The Balaban J connectivity index is 0.000000128. The third-order valence-corrected chi connectivity index (χ3v) is 32.1. The highest BCUT2D eigenvalue weighted by Gasteiger charge is 2.54. The minimum absolute atomic E-state index is 0.0185. The molecule has 12 N–H and O–H groups in total. The third-order valence-electron chi connectivity index (χ3n) is 27.7. The number of aliphatic imine (C=N–C) groups is 5. The number of fused-ring (bicyclic) bond motifs is 1. The first-order chi connectivity index (χ1) is 66.9. The SMILES string of the molecule is CC1(c2cccc(-c3cccc(Cl)c3)c2)N=C(N)N(C[C@H]2CCN(C(=O)C3CCCCC3)C2)C1=O.CN1C(=O)C(CC2CC2)(c2cccc(Br)c2)N=C1N.CN1C(=O)C[C@@](C)(C2CCCN(S(=O)(=O)c3cc(Cl)sc3Cl)C2)N=C1N.CN1C(=O)C[C@@](C)(c2ccc3c(-c4cn[nH]c4)nn(C)c3c2)N=C1N.NC1=NC(c2ccccc2)(c2ccccc2)C(=O)N1Cc1cccc(C(=O)NCc2ccoc2)c1.